The van der Waals surface area contributed by atoms with Gasteiger partial charge in [0, 0.05) is 0 Å². The van der Waals surface area contributed by atoms with Crippen LogP contribution in [0, 0.1) is 20.5 Å². The summed E-state index contributed by atoms with van der Waals surface area (Å²) in [7, 11) is 0. The number of aryl methyl sites for hydroxylation is 2. The molecule has 1 aromatic carbocycles. The first-order valence-electron chi connectivity index (χ1n) is 3.29. The van der Waals surface area contributed by atoms with E-state index in [1.807, 2.05) is 32.0 Å². The van der Waals surface area contributed by atoms with Gasteiger partial charge in [0.25, 0.3) is 0 Å². The molecule has 0 aliphatic heterocycles. The first-order chi connectivity index (χ1) is 4.75. The van der Waals surface area contributed by atoms with Crippen molar-refractivity contribution in [3.63, 3.8) is 0 Å². The first kappa shape index (κ1) is 7.29. The molecule has 1 heteroatoms. The van der Waals surface area contributed by atoms with E-state index in [-0.39, 0.29) is 0 Å². The van der Waals surface area contributed by atoms with Gasteiger partial charge in [-0.1, -0.05) is 18.2 Å². The Bertz CT molecular complexity index is 208. The van der Waals surface area contributed by atoms with Crippen molar-refractivity contribution in [1.82, 2.24) is 0 Å². The third kappa shape index (κ3) is 1.19. The topological polar surface area (TPSA) is 20.2 Å². The number of hydrogen-bond acceptors (Lipinski definition) is 1. The van der Waals surface area contributed by atoms with Crippen molar-refractivity contribution in [2.45, 2.75) is 13.8 Å². The summed E-state index contributed by atoms with van der Waals surface area (Å²) < 4.78 is 0. The van der Waals surface area contributed by atoms with Crippen LogP contribution >= 0.6 is 0 Å². The smallest absolute Gasteiger partial charge is 0.110 e. The number of aliphatic hydroxyl groups excluding tert-OH is 1. The molecule has 1 rings (SSSR count). The Hall–Kier alpha value is -0.820. The predicted molar refractivity (Wildman–Crippen MR) is 41.3 cm³/mol. The molecule has 53 valence electrons. The van der Waals surface area contributed by atoms with Crippen LogP contribution in [0.25, 0.3) is 0 Å². The van der Waals surface area contributed by atoms with E-state index in [0.717, 1.165) is 23.3 Å². The summed E-state index contributed by atoms with van der Waals surface area (Å²) >= 11 is 0. The maximum atomic E-state index is 8.77. The molecule has 0 spiro atoms. The van der Waals surface area contributed by atoms with Gasteiger partial charge in [0.05, 0.1) is 0 Å². The molecule has 0 saturated carbocycles. The third-order valence-corrected chi connectivity index (χ3v) is 1.67. The monoisotopic (exact) mass is 135 g/mol. The second-order valence-corrected chi connectivity index (χ2v) is 2.43. The van der Waals surface area contributed by atoms with Crippen LogP contribution in [0.5, 0.6) is 0 Å². The highest BCUT2D eigenvalue weighted by atomic mass is 16.3. The van der Waals surface area contributed by atoms with Crippen LogP contribution in [0.1, 0.15) is 16.7 Å². The molecule has 0 heterocycles. The minimum absolute atomic E-state index is 0.933. The maximum absolute atomic E-state index is 8.77. The number of hydrogen-bond donors (Lipinski definition) is 1. The fraction of sp³-hybridized carbons (Fsp3) is 0.222. The molecule has 0 bridgehead atoms. The van der Waals surface area contributed by atoms with Crippen molar-refractivity contribution >= 4 is 0 Å². The summed E-state index contributed by atoms with van der Waals surface area (Å²) in [5.41, 5.74) is 3.16. The predicted octanol–water partition coefficient (Wildman–Crippen LogP) is 2.19. The summed E-state index contributed by atoms with van der Waals surface area (Å²) in [5, 5.41) is 8.77. The fourth-order valence-electron chi connectivity index (χ4n) is 1.03. The molecule has 1 radical (unpaired) electrons. The molecular formula is C9H11O. The highest BCUT2D eigenvalue weighted by Crippen LogP contribution is 2.13. The van der Waals surface area contributed by atoms with Crippen molar-refractivity contribution < 1.29 is 5.11 Å². The lowest BCUT2D eigenvalue weighted by Gasteiger charge is -2.03. The lowest BCUT2D eigenvalue weighted by atomic mass is 10.0. The van der Waals surface area contributed by atoms with Crippen LogP contribution in [-0.2, 0) is 0 Å². The van der Waals surface area contributed by atoms with Gasteiger partial charge in [-0.25, -0.2) is 0 Å². The van der Waals surface area contributed by atoms with E-state index < -0.39 is 0 Å². The van der Waals surface area contributed by atoms with Crippen LogP contribution in [-0.4, -0.2) is 5.11 Å². The molecule has 10 heavy (non-hydrogen) atoms. The molecule has 0 fully saturated rings. The van der Waals surface area contributed by atoms with E-state index in [0.29, 0.717) is 0 Å². The molecule has 0 unspecified atom stereocenters. The molecule has 0 amide bonds. The van der Waals surface area contributed by atoms with Crippen molar-refractivity contribution in [2.75, 3.05) is 0 Å². The molecule has 0 saturated heterocycles. The minimum atomic E-state index is 0.933. The summed E-state index contributed by atoms with van der Waals surface area (Å²) in [4.78, 5) is 0. The third-order valence-electron chi connectivity index (χ3n) is 1.67. The van der Waals surface area contributed by atoms with Crippen LogP contribution in [0.15, 0.2) is 18.2 Å². The van der Waals surface area contributed by atoms with Gasteiger partial charge in [-0.2, -0.15) is 0 Å². The quantitative estimate of drug-likeness (QED) is 0.625. The second kappa shape index (κ2) is 2.84. The van der Waals surface area contributed by atoms with Gasteiger partial charge in [0.2, 0.25) is 0 Å². The van der Waals surface area contributed by atoms with Crippen LogP contribution < -0.4 is 0 Å². The Morgan fingerprint density at radius 1 is 1.20 bits per heavy atom. The molecule has 1 N–H and O–H groups in total. The molecular weight excluding hydrogens is 124 g/mol. The summed E-state index contributed by atoms with van der Waals surface area (Å²) in [6.45, 7) is 5.12. The van der Waals surface area contributed by atoms with E-state index in [1.54, 1.807) is 0 Å². The number of rotatable bonds is 1. The van der Waals surface area contributed by atoms with Gasteiger partial charge < -0.3 is 5.11 Å². The zero-order valence-electron chi connectivity index (χ0n) is 6.26. The van der Waals surface area contributed by atoms with Gasteiger partial charge in [-0.3, -0.25) is 0 Å². The average Bonchev–Trinajstić information content (AvgIpc) is 1.88. The second-order valence-electron chi connectivity index (χ2n) is 2.43. The molecule has 0 aromatic heterocycles. The van der Waals surface area contributed by atoms with Crippen LogP contribution in [0.2, 0.25) is 0 Å². The Labute approximate surface area is 61.3 Å². The molecule has 1 aromatic rings. The summed E-state index contributed by atoms with van der Waals surface area (Å²) in [6, 6.07) is 5.95. The molecule has 0 atom stereocenters. The van der Waals surface area contributed by atoms with Gasteiger partial charge in [0.15, 0.2) is 0 Å². The van der Waals surface area contributed by atoms with E-state index in [2.05, 4.69) is 0 Å². The van der Waals surface area contributed by atoms with E-state index in [9.17, 15) is 0 Å². The Morgan fingerprint density at radius 2 is 1.70 bits per heavy atom. The fourth-order valence-corrected chi connectivity index (χ4v) is 1.03. The van der Waals surface area contributed by atoms with E-state index in [4.69, 9.17) is 5.11 Å². The highest BCUT2D eigenvalue weighted by molar-refractivity contribution is 5.36. The number of benzene rings is 1. The normalized spacial score (nSPS) is 9.90. The summed E-state index contributed by atoms with van der Waals surface area (Å²) in [6.07, 6.45) is 0. The lowest BCUT2D eigenvalue weighted by Crippen LogP contribution is -1.89. The summed E-state index contributed by atoms with van der Waals surface area (Å²) in [5.74, 6) is 0. The SMILES string of the molecule is Cc1cccc(C)c1[CH]O. The van der Waals surface area contributed by atoms with Crippen molar-refractivity contribution in [2.24, 2.45) is 0 Å². The highest BCUT2D eigenvalue weighted by Gasteiger charge is 1.98. The Balaban J connectivity index is 3.17. The van der Waals surface area contributed by atoms with E-state index >= 15 is 0 Å². The van der Waals surface area contributed by atoms with Gasteiger partial charge >= 0.3 is 0 Å². The van der Waals surface area contributed by atoms with Crippen LogP contribution in [0.3, 0.4) is 0 Å². The first-order valence-corrected chi connectivity index (χ1v) is 3.29. The average molecular weight is 135 g/mol. The number of aliphatic hydroxyl groups is 1. The Morgan fingerprint density at radius 3 is 2.00 bits per heavy atom. The van der Waals surface area contributed by atoms with Gasteiger partial charge in [-0.05, 0) is 30.5 Å². The van der Waals surface area contributed by atoms with Gasteiger partial charge in [0.1, 0.15) is 6.61 Å². The van der Waals surface area contributed by atoms with Crippen molar-refractivity contribution in [1.29, 1.82) is 0 Å². The largest absolute Gasteiger partial charge is 0.385 e. The lowest BCUT2D eigenvalue weighted by molar-refractivity contribution is 0.413. The molecule has 0 aliphatic carbocycles. The van der Waals surface area contributed by atoms with Crippen molar-refractivity contribution in [3.05, 3.63) is 41.5 Å². The van der Waals surface area contributed by atoms with Crippen LogP contribution in [0.4, 0.5) is 0 Å². The standard InChI is InChI=1S/C9H11O/c1-7-4-3-5-8(2)9(7)6-10/h3-6,10H,1-2H3. The zero-order chi connectivity index (χ0) is 7.56. The zero-order valence-corrected chi connectivity index (χ0v) is 6.26. The molecule has 1 nitrogen and oxygen atoms in total. The maximum Gasteiger partial charge on any atom is 0.110 e. The minimum Gasteiger partial charge on any atom is -0.385 e. The van der Waals surface area contributed by atoms with E-state index in [1.165, 1.54) is 0 Å². The van der Waals surface area contributed by atoms with Crippen molar-refractivity contribution in [3.8, 4) is 0 Å². The Kier molecular flexibility index (Phi) is 2.07. The molecule has 0 aliphatic rings. The van der Waals surface area contributed by atoms with Gasteiger partial charge in [-0.15, -0.1) is 0 Å².